The average molecular weight is 432 g/mol. The topological polar surface area (TPSA) is 124 Å². The summed E-state index contributed by atoms with van der Waals surface area (Å²) < 4.78 is 15.1. The summed E-state index contributed by atoms with van der Waals surface area (Å²) >= 11 is 0. The van der Waals surface area contributed by atoms with Crippen molar-refractivity contribution in [3.05, 3.63) is 58.9 Å². The number of aryl methyl sites for hydroxylation is 2. The van der Waals surface area contributed by atoms with Gasteiger partial charge in [-0.15, -0.1) is 0 Å². The summed E-state index contributed by atoms with van der Waals surface area (Å²) in [6, 6.07) is 5.76. The van der Waals surface area contributed by atoms with Crippen LogP contribution in [0.2, 0.25) is 0 Å². The van der Waals surface area contributed by atoms with Crippen LogP contribution < -0.4 is 11.1 Å². The van der Waals surface area contributed by atoms with E-state index < -0.39 is 5.41 Å². The normalized spacial score (nSPS) is 17.6. The molecule has 4 heterocycles. The molecule has 1 aliphatic rings. The third-order valence-electron chi connectivity index (χ3n) is 5.76. The lowest BCUT2D eigenvalue weighted by Gasteiger charge is -2.23. The smallest absolute Gasteiger partial charge is 0.240 e. The van der Waals surface area contributed by atoms with E-state index in [2.05, 4.69) is 32.3 Å². The predicted octanol–water partition coefficient (Wildman–Crippen LogP) is 2.82. The van der Waals surface area contributed by atoms with E-state index in [4.69, 9.17) is 10.7 Å². The van der Waals surface area contributed by atoms with E-state index in [1.165, 1.54) is 12.1 Å². The summed E-state index contributed by atoms with van der Waals surface area (Å²) in [7, 11) is 0. The average Bonchev–Trinajstić information content (AvgIpc) is 3.25. The van der Waals surface area contributed by atoms with Gasteiger partial charge in [0, 0.05) is 0 Å². The van der Waals surface area contributed by atoms with Crippen molar-refractivity contribution in [3.8, 4) is 11.5 Å². The summed E-state index contributed by atoms with van der Waals surface area (Å²) in [6.45, 7) is 5.60. The Labute approximate surface area is 182 Å². The van der Waals surface area contributed by atoms with E-state index in [-0.39, 0.29) is 23.4 Å². The third kappa shape index (κ3) is 2.90. The monoisotopic (exact) mass is 432 g/mol. The molecule has 0 fully saturated rings. The first-order valence-electron chi connectivity index (χ1n) is 10.3. The number of rotatable bonds is 4. The van der Waals surface area contributed by atoms with Crippen LogP contribution in [-0.2, 0) is 16.6 Å². The van der Waals surface area contributed by atoms with Crippen molar-refractivity contribution in [1.82, 2.24) is 29.5 Å². The van der Waals surface area contributed by atoms with Crippen molar-refractivity contribution in [2.24, 2.45) is 0 Å². The van der Waals surface area contributed by atoms with Gasteiger partial charge in [-0.2, -0.15) is 5.10 Å². The number of nitrogens with two attached hydrogens (primary N) is 1. The molecule has 32 heavy (non-hydrogen) atoms. The van der Waals surface area contributed by atoms with Crippen LogP contribution in [0.1, 0.15) is 42.9 Å². The van der Waals surface area contributed by atoms with Gasteiger partial charge in [-0.1, -0.05) is 25.5 Å². The first-order valence-corrected chi connectivity index (χ1v) is 10.3. The fourth-order valence-corrected chi connectivity index (χ4v) is 4.15. The lowest BCUT2D eigenvalue weighted by Crippen LogP contribution is -2.33. The molecule has 0 spiro atoms. The number of benzene rings is 1. The number of nitrogen functional groups attached to an aromatic ring is 1. The maximum Gasteiger partial charge on any atom is 0.240 e. The fraction of sp³-hybridized carbons (Fsp3) is 0.273. The van der Waals surface area contributed by atoms with Crippen LogP contribution in [0, 0.1) is 12.7 Å². The van der Waals surface area contributed by atoms with Crippen LogP contribution in [0.5, 0.6) is 0 Å². The number of hydrogen-bond acceptors (Lipinski definition) is 7. The molecule has 4 aromatic rings. The minimum Gasteiger partial charge on any atom is -0.383 e. The largest absolute Gasteiger partial charge is 0.383 e. The van der Waals surface area contributed by atoms with Gasteiger partial charge >= 0.3 is 0 Å². The zero-order valence-corrected chi connectivity index (χ0v) is 17.8. The summed E-state index contributed by atoms with van der Waals surface area (Å²) in [5.74, 6) is 0.694. The van der Waals surface area contributed by atoms with Gasteiger partial charge in [0.05, 0.1) is 17.5 Å². The molecule has 0 bridgehead atoms. The van der Waals surface area contributed by atoms with Crippen LogP contribution in [-0.4, -0.2) is 35.5 Å². The van der Waals surface area contributed by atoms with Gasteiger partial charge in [-0.05, 0) is 38.0 Å². The molecule has 0 aliphatic carbocycles. The minimum absolute atomic E-state index is 0.156. The second-order valence-electron chi connectivity index (χ2n) is 7.99. The number of nitrogens with one attached hydrogen (secondary N) is 1. The molecule has 0 saturated carbocycles. The summed E-state index contributed by atoms with van der Waals surface area (Å²) in [5.41, 5.74) is 8.23. The molecule has 3 aromatic heterocycles. The Bertz CT molecular complexity index is 1380. The van der Waals surface area contributed by atoms with Gasteiger partial charge in [0.1, 0.15) is 34.4 Å². The molecule has 1 amide bonds. The van der Waals surface area contributed by atoms with Crippen LogP contribution in [0.3, 0.4) is 0 Å². The van der Waals surface area contributed by atoms with Crippen molar-refractivity contribution in [2.75, 3.05) is 11.1 Å². The van der Waals surface area contributed by atoms with E-state index in [0.717, 1.165) is 18.5 Å². The first kappa shape index (κ1) is 20.0. The van der Waals surface area contributed by atoms with Crippen molar-refractivity contribution >= 4 is 23.2 Å². The Balaban J connectivity index is 1.66. The lowest BCUT2D eigenvalue weighted by atomic mass is 9.78. The molecule has 9 nitrogen and oxygen atoms in total. The summed E-state index contributed by atoms with van der Waals surface area (Å²) in [4.78, 5) is 31.2. The molecule has 10 heteroatoms. The zero-order valence-electron chi connectivity index (χ0n) is 17.8. The Morgan fingerprint density at radius 2 is 1.91 bits per heavy atom. The van der Waals surface area contributed by atoms with E-state index in [9.17, 15) is 9.18 Å². The second kappa shape index (κ2) is 7.04. The van der Waals surface area contributed by atoms with Gasteiger partial charge in [0.25, 0.3) is 0 Å². The predicted molar refractivity (Wildman–Crippen MR) is 116 cm³/mol. The third-order valence-corrected chi connectivity index (χ3v) is 5.76. The van der Waals surface area contributed by atoms with Gasteiger partial charge in [0.15, 0.2) is 11.5 Å². The van der Waals surface area contributed by atoms with Gasteiger partial charge < -0.3 is 11.1 Å². The molecular weight excluding hydrogens is 411 g/mol. The zero-order chi connectivity index (χ0) is 22.6. The number of nitrogens with zero attached hydrogens (tertiary/aromatic N) is 6. The van der Waals surface area contributed by atoms with Gasteiger partial charge in [-0.25, -0.2) is 28.8 Å². The molecule has 1 aromatic carbocycles. The number of amides is 1. The van der Waals surface area contributed by atoms with E-state index in [1.807, 2.05) is 6.92 Å². The molecule has 0 saturated heterocycles. The van der Waals surface area contributed by atoms with E-state index >= 15 is 0 Å². The molecule has 1 aliphatic heterocycles. The molecule has 5 rings (SSSR count). The maximum absolute atomic E-state index is 13.4. The van der Waals surface area contributed by atoms with Crippen LogP contribution in [0.25, 0.3) is 17.2 Å². The number of carbonyl (C=O) groups is 1. The van der Waals surface area contributed by atoms with E-state index in [1.54, 1.807) is 29.8 Å². The number of fused-ring (bicyclic) bond motifs is 2. The molecule has 0 radical (unpaired) electrons. The van der Waals surface area contributed by atoms with Crippen LogP contribution in [0.15, 0.2) is 30.5 Å². The molecular formula is C22H21FN8O. The summed E-state index contributed by atoms with van der Waals surface area (Å²) in [6.07, 6.45) is 3.30. The van der Waals surface area contributed by atoms with Gasteiger partial charge in [0.2, 0.25) is 5.91 Å². The SMILES string of the molecule is CCCc1nc(-c2nc(N)c3c(n2)NC(=O)C3(C)c2ccc(F)cc2)cn2nc(C)nc12. The fourth-order valence-electron chi connectivity index (χ4n) is 4.15. The highest BCUT2D eigenvalue weighted by molar-refractivity contribution is 6.09. The Morgan fingerprint density at radius 1 is 1.16 bits per heavy atom. The number of anilines is 2. The van der Waals surface area contributed by atoms with Crippen molar-refractivity contribution < 1.29 is 9.18 Å². The standard InChI is InChI=1S/C22H21FN8O/c1-4-5-14-20-25-11(2)30-31(20)10-15(26-14)18-27-17(24)16-19(28-18)29-21(32)22(16,3)12-6-8-13(23)9-7-12/h6-10H,4-5H2,1-3H3,(H3,24,27,28,29,32). The Hall–Kier alpha value is -3.95. The summed E-state index contributed by atoms with van der Waals surface area (Å²) in [5, 5.41) is 7.20. The number of aromatic nitrogens is 6. The molecule has 162 valence electrons. The maximum atomic E-state index is 13.4. The van der Waals surface area contributed by atoms with Crippen molar-refractivity contribution in [3.63, 3.8) is 0 Å². The highest BCUT2D eigenvalue weighted by Gasteiger charge is 2.47. The van der Waals surface area contributed by atoms with Crippen LogP contribution in [0.4, 0.5) is 16.0 Å². The van der Waals surface area contributed by atoms with Crippen LogP contribution >= 0.6 is 0 Å². The van der Waals surface area contributed by atoms with Crippen molar-refractivity contribution in [2.45, 2.75) is 39.0 Å². The first-order chi connectivity index (χ1) is 15.3. The van der Waals surface area contributed by atoms with E-state index in [0.29, 0.717) is 34.1 Å². The minimum atomic E-state index is -1.14. The lowest BCUT2D eigenvalue weighted by molar-refractivity contribution is -0.119. The molecule has 1 unspecified atom stereocenters. The Kier molecular flexibility index (Phi) is 4.40. The molecule has 3 N–H and O–H groups in total. The number of hydrogen-bond donors (Lipinski definition) is 2. The Morgan fingerprint density at radius 3 is 2.62 bits per heavy atom. The quantitative estimate of drug-likeness (QED) is 0.508. The highest BCUT2D eigenvalue weighted by Crippen LogP contribution is 2.44. The van der Waals surface area contributed by atoms with Gasteiger partial charge in [-0.3, -0.25) is 4.79 Å². The van der Waals surface area contributed by atoms with Crippen molar-refractivity contribution in [1.29, 1.82) is 0 Å². The second-order valence-corrected chi connectivity index (χ2v) is 7.99. The highest BCUT2D eigenvalue weighted by atomic mass is 19.1. The molecule has 1 atom stereocenters. The number of halogens is 1. The number of carbonyl (C=O) groups excluding carboxylic acids is 1.